The maximum Gasteiger partial charge on any atom is 0.269 e. The first-order chi connectivity index (χ1) is 15.5. The van der Waals surface area contributed by atoms with Crippen LogP contribution in [0.1, 0.15) is 18.1 Å². The zero-order valence-corrected chi connectivity index (χ0v) is 18.3. The Labute approximate surface area is 186 Å². The maximum atomic E-state index is 10.7. The van der Waals surface area contributed by atoms with Gasteiger partial charge in [0.1, 0.15) is 18.5 Å². The van der Waals surface area contributed by atoms with Crippen molar-refractivity contribution in [1.29, 1.82) is 0 Å². The molecule has 0 saturated heterocycles. The molecule has 0 aliphatic rings. The van der Waals surface area contributed by atoms with E-state index in [4.69, 9.17) is 4.74 Å². The highest BCUT2D eigenvalue weighted by atomic mass is 16.6. The van der Waals surface area contributed by atoms with E-state index in [-0.39, 0.29) is 18.8 Å². The van der Waals surface area contributed by atoms with Crippen molar-refractivity contribution in [3.05, 3.63) is 69.9 Å². The predicted molar refractivity (Wildman–Crippen MR) is 125 cm³/mol. The van der Waals surface area contributed by atoms with E-state index in [1.54, 1.807) is 0 Å². The van der Waals surface area contributed by atoms with Gasteiger partial charge in [-0.1, -0.05) is 18.2 Å². The van der Waals surface area contributed by atoms with Crippen LogP contribution in [0.15, 0.2) is 53.7 Å². The fraction of sp³-hybridized carbons (Fsp3) is 0.348. The lowest BCUT2D eigenvalue weighted by Gasteiger charge is -2.14. The normalized spacial score (nSPS) is 12.5. The molecule has 1 atom stereocenters. The highest BCUT2D eigenvalue weighted by molar-refractivity contribution is 5.86. The van der Waals surface area contributed by atoms with Gasteiger partial charge in [0.15, 0.2) is 5.96 Å². The number of nitrogens with zero attached hydrogens (tertiary/aromatic N) is 2. The van der Waals surface area contributed by atoms with Crippen LogP contribution in [0.25, 0.3) is 10.9 Å². The second-order valence-corrected chi connectivity index (χ2v) is 7.42. The Morgan fingerprint density at radius 2 is 2.03 bits per heavy atom. The molecular weight excluding hydrogens is 410 g/mol. The SMILES string of the molecule is CCNC(=NCC(O)COc1ccc([N+](=O)[O-])cc1)NCCc1c[nH]c2c(C)cccc12. The van der Waals surface area contributed by atoms with Crippen LogP contribution in [0.5, 0.6) is 5.75 Å². The summed E-state index contributed by atoms with van der Waals surface area (Å²) in [5.41, 5.74) is 3.62. The van der Waals surface area contributed by atoms with E-state index in [1.165, 1.54) is 46.3 Å². The number of aromatic amines is 1. The second kappa shape index (κ2) is 11.1. The molecule has 0 amide bonds. The van der Waals surface area contributed by atoms with Crippen LogP contribution < -0.4 is 15.4 Å². The van der Waals surface area contributed by atoms with E-state index in [2.05, 4.69) is 45.7 Å². The van der Waals surface area contributed by atoms with Crippen molar-refractivity contribution in [3.63, 3.8) is 0 Å². The van der Waals surface area contributed by atoms with Crippen molar-refractivity contribution in [2.24, 2.45) is 4.99 Å². The molecule has 0 aliphatic carbocycles. The largest absolute Gasteiger partial charge is 0.491 e. The lowest BCUT2D eigenvalue weighted by atomic mass is 10.1. The standard InChI is InChI=1S/C23H29N5O4/c1-3-24-23(25-12-11-17-13-26-22-16(2)5-4-6-21(17)22)27-14-19(29)15-32-20-9-7-18(8-10-20)28(30)31/h4-10,13,19,26,29H,3,11-12,14-15H2,1-2H3,(H2,24,25,27). The highest BCUT2D eigenvalue weighted by Crippen LogP contribution is 2.21. The van der Waals surface area contributed by atoms with Gasteiger partial charge in [-0.05, 0) is 43.5 Å². The molecule has 1 unspecified atom stereocenters. The van der Waals surface area contributed by atoms with E-state index in [1.807, 2.05) is 13.1 Å². The number of para-hydroxylation sites is 1. The first kappa shape index (κ1) is 23.1. The number of aliphatic imine (C=N–C) groups is 1. The monoisotopic (exact) mass is 439 g/mol. The fourth-order valence-corrected chi connectivity index (χ4v) is 3.33. The first-order valence-corrected chi connectivity index (χ1v) is 10.6. The lowest BCUT2D eigenvalue weighted by molar-refractivity contribution is -0.384. The predicted octanol–water partition coefficient (Wildman–Crippen LogP) is 2.92. The van der Waals surface area contributed by atoms with Gasteiger partial charge in [-0.3, -0.25) is 15.1 Å². The molecule has 0 saturated carbocycles. The number of non-ortho nitro benzene ring substituents is 1. The van der Waals surface area contributed by atoms with Crippen LogP contribution in [0.3, 0.4) is 0 Å². The van der Waals surface area contributed by atoms with Crippen LogP contribution in [0, 0.1) is 17.0 Å². The summed E-state index contributed by atoms with van der Waals surface area (Å²) in [6, 6.07) is 12.0. The van der Waals surface area contributed by atoms with Crippen molar-refractivity contribution in [3.8, 4) is 5.75 Å². The summed E-state index contributed by atoms with van der Waals surface area (Å²) in [6.45, 7) is 5.67. The van der Waals surface area contributed by atoms with Crippen LogP contribution in [0.2, 0.25) is 0 Å². The summed E-state index contributed by atoms with van der Waals surface area (Å²) >= 11 is 0. The minimum absolute atomic E-state index is 0.00775. The Morgan fingerprint density at radius 1 is 1.25 bits per heavy atom. The summed E-state index contributed by atoms with van der Waals surface area (Å²) in [4.78, 5) is 18.0. The van der Waals surface area contributed by atoms with E-state index in [0.717, 1.165) is 6.42 Å². The summed E-state index contributed by atoms with van der Waals surface area (Å²) in [5, 5.41) is 28.6. The number of nitro groups is 1. The van der Waals surface area contributed by atoms with Gasteiger partial charge in [-0.2, -0.15) is 0 Å². The minimum atomic E-state index is -0.808. The average Bonchev–Trinajstić information content (AvgIpc) is 3.20. The molecule has 4 N–H and O–H groups in total. The molecule has 0 fully saturated rings. The molecule has 0 bridgehead atoms. The van der Waals surface area contributed by atoms with Gasteiger partial charge < -0.3 is 25.5 Å². The average molecular weight is 440 g/mol. The van der Waals surface area contributed by atoms with Gasteiger partial charge in [-0.25, -0.2) is 0 Å². The molecule has 0 radical (unpaired) electrons. The number of hydrogen-bond acceptors (Lipinski definition) is 5. The number of H-pyrrole nitrogens is 1. The number of fused-ring (bicyclic) bond motifs is 1. The molecule has 1 heterocycles. The van der Waals surface area contributed by atoms with Crippen LogP contribution >= 0.6 is 0 Å². The molecule has 2 aromatic carbocycles. The number of rotatable bonds is 10. The number of guanidine groups is 1. The highest BCUT2D eigenvalue weighted by Gasteiger charge is 2.09. The molecule has 0 aliphatic heterocycles. The number of aromatic nitrogens is 1. The number of aliphatic hydroxyl groups is 1. The minimum Gasteiger partial charge on any atom is -0.491 e. The second-order valence-electron chi connectivity index (χ2n) is 7.42. The lowest BCUT2D eigenvalue weighted by Crippen LogP contribution is -2.39. The number of aryl methyl sites for hydroxylation is 1. The zero-order chi connectivity index (χ0) is 22.9. The van der Waals surface area contributed by atoms with Gasteiger partial charge in [0.05, 0.1) is 11.5 Å². The van der Waals surface area contributed by atoms with Crippen molar-refractivity contribution < 1.29 is 14.8 Å². The Balaban J connectivity index is 1.48. The van der Waals surface area contributed by atoms with Gasteiger partial charge in [0.25, 0.3) is 5.69 Å². The smallest absolute Gasteiger partial charge is 0.269 e. The third-order valence-electron chi connectivity index (χ3n) is 4.99. The third-order valence-corrected chi connectivity index (χ3v) is 4.99. The Hall–Kier alpha value is -3.59. The summed E-state index contributed by atoms with van der Waals surface area (Å²) in [6.07, 6.45) is 2.07. The van der Waals surface area contributed by atoms with E-state index >= 15 is 0 Å². The van der Waals surface area contributed by atoms with Crippen LogP contribution in [-0.2, 0) is 6.42 Å². The number of aliphatic hydroxyl groups excluding tert-OH is 1. The van der Waals surface area contributed by atoms with Gasteiger partial charge >= 0.3 is 0 Å². The quantitative estimate of drug-likeness (QED) is 0.167. The molecule has 9 heteroatoms. The van der Waals surface area contributed by atoms with Crippen molar-refractivity contribution in [1.82, 2.24) is 15.6 Å². The summed E-state index contributed by atoms with van der Waals surface area (Å²) < 4.78 is 5.49. The number of nitrogens with one attached hydrogen (secondary N) is 3. The molecular formula is C23H29N5O4. The van der Waals surface area contributed by atoms with Gasteiger partial charge in [0.2, 0.25) is 0 Å². The molecule has 3 rings (SSSR count). The first-order valence-electron chi connectivity index (χ1n) is 10.6. The van der Waals surface area contributed by atoms with E-state index < -0.39 is 11.0 Å². The molecule has 9 nitrogen and oxygen atoms in total. The van der Waals surface area contributed by atoms with Crippen molar-refractivity contribution in [2.45, 2.75) is 26.4 Å². The van der Waals surface area contributed by atoms with Crippen molar-refractivity contribution in [2.75, 3.05) is 26.2 Å². The Bertz CT molecular complexity index is 1060. The van der Waals surface area contributed by atoms with Crippen molar-refractivity contribution >= 4 is 22.5 Å². The molecule has 170 valence electrons. The number of benzene rings is 2. The van der Waals surface area contributed by atoms with E-state index in [9.17, 15) is 15.2 Å². The van der Waals surface area contributed by atoms with Gasteiger partial charge in [-0.15, -0.1) is 0 Å². The molecule has 3 aromatic rings. The molecule has 1 aromatic heterocycles. The topological polar surface area (TPSA) is 125 Å². The van der Waals surface area contributed by atoms with Gasteiger partial charge in [0, 0.05) is 42.3 Å². The summed E-state index contributed by atoms with van der Waals surface area (Å²) in [5.74, 6) is 1.08. The maximum absolute atomic E-state index is 10.7. The number of ether oxygens (including phenoxy) is 1. The Morgan fingerprint density at radius 3 is 2.75 bits per heavy atom. The number of nitro benzene ring substituents is 1. The third kappa shape index (κ3) is 6.21. The zero-order valence-electron chi connectivity index (χ0n) is 18.3. The molecule has 32 heavy (non-hydrogen) atoms. The van der Waals surface area contributed by atoms with Crippen LogP contribution in [-0.4, -0.2) is 53.3 Å². The molecule has 0 spiro atoms. The Kier molecular flexibility index (Phi) is 8.04. The fourth-order valence-electron chi connectivity index (χ4n) is 3.33. The summed E-state index contributed by atoms with van der Waals surface area (Å²) in [7, 11) is 0. The number of hydrogen-bond donors (Lipinski definition) is 4. The van der Waals surface area contributed by atoms with Crippen LogP contribution in [0.4, 0.5) is 5.69 Å². The van der Waals surface area contributed by atoms with E-state index in [0.29, 0.717) is 24.8 Å².